The second-order valence-electron chi connectivity index (χ2n) is 6.69. The number of ether oxygens (including phenoxy) is 2. The summed E-state index contributed by atoms with van der Waals surface area (Å²) in [5.41, 5.74) is 0.0809. The smallest absolute Gasteiger partial charge is 0.243 e. The van der Waals surface area contributed by atoms with Gasteiger partial charge in [0.2, 0.25) is 15.9 Å². The first kappa shape index (κ1) is 21.1. The first-order valence-corrected chi connectivity index (χ1v) is 10.6. The first-order valence-electron chi connectivity index (χ1n) is 9.14. The summed E-state index contributed by atoms with van der Waals surface area (Å²) in [6, 6.07) is 10.2. The lowest BCUT2D eigenvalue weighted by molar-refractivity contribution is -0.120. The molecule has 1 heterocycles. The van der Waals surface area contributed by atoms with Crippen molar-refractivity contribution in [2.24, 2.45) is 5.92 Å². The molecule has 1 aliphatic rings. The van der Waals surface area contributed by atoms with E-state index >= 15 is 0 Å². The van der Waals surface area contributed by atoms with Gasteiger partial charge in [-0.05, 0) is 37.1 Å². The van der Waals surface area contributed by atoms with Crippen LogP contribution in [0.4, 0.5) is 10.1 Å². The molecule has 1 saturated heterocycles. The number of methoxy groups -OCH3 is 2. The van der Waals surface area contributed by atoms with Crippen molar-refractivity contribution in [3.8, 4) is 11.5 Å². The average Bonchev–Trinajstić information content (AvgIpc) is 2.74. The molecule has 156 valence electrons. The highest BCUT2D eigenvalue weighted by atomic mass is 32.2. The molecule has 1 fully saturated rings. The van der Waals surface area contributed by atoms with Gasteiger partial charge in [-0.15, -0.1) is 0 Å². The van der Waals surface area contributed by atoms with Crippen LogP contribution in [0.5, 0.6) is 11.5 Å². The Morgan fingerprint density at radius 1 is 1.14 bits per heavy atom. The molecule has 1 aliphatic heterocycles. The number of piperidine rings is 1. The van der Waals surface area contributed by atoms with Crippen LogP contribution in [0.2, 0.25) is 0 Å². The third kappa shape index (κ3) is 4.51. The van der Waals surface area contributed by atoms with Gasteiger partial charge in [0.15, 0.2) is 11.5 Å². The van der Waals surface area contributed by atoms with Gasteiger partial charge in [0, 0.05) is 19.2 Å². The van der Waals surface area contributed by atoms with E-state index in [2.05, 4.69) is 5.32 Å². The number of carbonyl (C=O) groups excluding carboxylic acids is 1. The highest BCUT2D eigenvalue weighted by Crippen LogP contribution is 2.32. The molecule has 1 amide bonds. The fraction of sp³-hybridized carbons (Fsp3) is 0.350. The van der Waals surface area contributed by atoms with Crippen molar-refractivity contribution in [1.82, 2.24) is 4.31 Å². The second-order valence-corrected chi connectivity index (χ2v) is 8.63. The summed E-state index contributed by atoms with van der Waals surface area (Å²) in [5.74, 6) is -0.779. The summed E-state index contributed by atoms with van der Waals surface area (Å²) in [7, 11) is -0.927. The number of hydrogen-bond acceptors (Lipinski definition) is 5. The number of sulfonamides is 1. The van der Waals surface area contributed by atoms with Crippen molar-refractivity contribution in [1.29, 1.82) is 0 Å². The molecule has 0 radical (unpaired) electrons. The molecule has 2 aromatic rings. The van der Waals surface area contributed by atoms with E-state index in [1.807, 2.05) is 0 Å². The lowest BCUT2D eigenvalue weighted by Gasteiger charge is -2.31. The minimum atomic E-state index is -3.82. The van der Waals surface area contributed by atoms with E-state index in [1.165, 1.54) is 54.9 Å². The maximum absolute atomic E-state index is 13.8. The monoisotopic (exact) mass is 422 g/mol. The third-order valence-electron chi connectivity index (χ3n) is 4.88. The summed E-state index contributed by atoms with van der Waals surface area (Å²) >= 11 is 0. The maximum Gasteiger partial charge on any atom is 0.243 e. The lowest BCUT2D eigenvalue weighted by Crippen LogP contribution is -2.43. The van der Waals surface area contributed by atoms with Crippen molar-refractivity contribution >= 4 is 21.6 Å². The summed E-state index contributed by atoms with van der Waals surface area (Å²) < 4.78 is 51.6. The standard InChI is InChI=1S/C20H23FN2O5S/c1-27-18-10-9-15(12-19(18)28-2)29(25,26)23-11-5-6-14(13-23)20(24)22-17-8-4-3-7-16(17)21/h3-4,7-10,12,14H,5-6,11,13H2,1-2H3,(H,22,24)/t14-/m1/s1. The Balaban J connectivity index is 1.77. The first-order chi connectivity index (χ1) is 13.9. The van der Waals surface area contributed by atoms with E-state index in [9.17, 15) is 17.6 Å². The van der Waals surface area contributed by atoms with Gasteiger partial charge in [0.05, 0.1) is 30.7 Å². The molecule has 0 bridgehead atoms. The van der Waals surface area contributed by atoms with Crippen LogP contribution in [0.3, 0.4) is 0 Å². The Morgan fingerprint density at radius 3 is 2.55 bits per heavy atom. The van der Waals surface area contributed by atoms with Gasteiger partial charge in [-0.3, -0.25) is 4.79 Å². The van der Waals surface area contributed by atoms with Gasteiger partial charge < -0.3 is 14.8 Å². The number of para-hydroxylation sites is 1. The van der Waals surface area contributed by atoms with Gasteiger partial charge in [0.1, 0.15) is 5.82 Å². The highest BCUT2D eigenvalue weighted by molar-refractivity contribution is 7.89. The fourth-order valence-corrected chi connectivity index (χ4v) is 4.84. The van der Waals surface area contributed by atoms with Gasteiger partial charge in [-0.1, -0.05) is 12.1 Å². The van der Waals surface area contributed by atoms with Crippen LogP contribution in [-0.2, 0) is 14.8 Å². The number of amides is 1. The summed E-state index contributed by atoms with van der Waals surface area (Å²) in [6.45, 7) is 0.330. The number of carbonyl (C=O) groups is 1. The predicted molar refractivity (Wildman–Crippen MR) is 106 cm³/mol. The Labute approximate surface area is 169 Å². The highest BCUT2D eigenvalue weighted by Gasteiger charge is 2.34. The van der Waals surface area contributed by atoms with E-state index < -0.39 is 27.7 Å². The number of anilines is 1. The summed E-state index contributed by atoms with van der Waals surface area (Å²) in [6.07, 6.45) is 1.06. The summed E-state index contributed by atoms with van der Waals surface area (Å²) in [4.78, 5) is 12.6. The quantitative estimate of drug-likeness (QED) is 0.774. The topological polar surface area (TPSA) is 84.9 Å². The van der Waals surface area contributed by atoms with E-state index in [0.29, 0.717) is 30.9 Å². The fourth-order valence-electron chi connectivity index (χ4n) is 3.30. The van der Waals surface area contributed by atoms with Crippen LogP contribution in [-0.4, -0.2) is 45.9 Å². The molecule has 1 atom stereocenters. The van der Waals surface area contributed by atoms with Crippen LogP contribution in [0.1, 0.15) is 12.8 Å². The zero-order valence-electron chi connectivity index (χ0n) is 16.2. The van der Waals surface area contributed by atoms with Crippen LogP contribution in [0.25, 0.3) is 0 Å². The molecule has 3 rings (SSSR count). The Bertz CT molecular complexity index is 996. The van der Waals surface area contributed by atoms with Crippen molar-refractivity contribution in [3.63, 3.8) is 0 Å². The maximum atomic E-state index is 13.8. The number of halogens is 1. The average molecular weight is 422 g/mol. The SMILES string of the molecule is COc1ccc(S(=O)(=O)N2CCC[C@@H](C(=O)Nc3ccccc3F)C2)cc1OC. The predicted octanol–water partition coefficient (Wildman–Crippen LogP) is 2.88. The Hall–Kier alpha value is -2.65. The normalized spacial score (nSPS) is 17.6. The van der Waals surface area contributed by atoms with E-state index in [-0.39, 0.29) is 17.1 Å². The van der Waals surface area contributed by atoms with Crippen LogP contribution < -0.4 is 14.8 Å². The third-order valence-corrected chi connectivity index (χ3v) is 6.74. The number of benzene rings is 2. The van der Waals surface area contributed by atoms with E-state index in [1.54, 1.807) is 6.07 Å². The molecule has 0 spiro atoms. The van der Waals surface area contributed by atoms with Crippen molar-refractivity contribution in [2.45, 2.75) is 17.7 Å². The molecule has 9 heteroatoms. The minimum absolute atomic E-state index is 0.0248. The molecule has 0 aliphatic carbocycles. The molecular weight excluding hydrogens is 399 g/mol. The number of nitrogens with one attached hydrogen (secondary N) is 1. The number of hydrogen-bond donors (Lipinski definition) is 1. The van der Waals surface area contributed by atoms with Gasteiger partial charge in [-0.25, -0.2) is 12.8 Å². The van der Waals surface area contributed by atoms with Crippen molar-refractivity contribution in [3.05, 3.63) is 48.3 Å². The van der Waals surface area contributed by atoms with E-state index in [4.69, 9.17) is 9.47 Å². The van der Waals surface area contributed by atoms with E-state index in [0.717, 1.165) is 0 Å². The van der Waals surface area contributed by atoms with Gasteiger partial charge in [0.25, 0.3) is 0 Å². The molecule has 0 saturated carbocycles. The van der Waals surface area contributed by atoms with Crippen molar-refractivity contribution < 1.29 is 27.1 Å². The Morgan fingerprint density at radius 2 is 1.86 bits per heavy atom. The molecular formula is C20H23FN2O5S. The van der Waals surface area contributed by atoms with Crippen LogP contribution >= 0.6 is 0 Å². The minimum Gasteiger partial charge on any atom is -0.493 e. The van der Waals surface area contributed by atoms with Gasteiger partial charge >= 0.3 is 0 Å². The molecule has 7 nitrogen and oxygen atoms in total. The second kappa shape index (κ2) is 8.79. The molecule has 29 heavy (non-hydrogen) atoms. The number of nitrogens with zero attached hydrogens (tertiary/aromatic N) is 1. The number of rotatable bonds is 6. The summed E-state index contributed by atoms with van der Waals surface area (Å²) in [5, 5.41) is 2.55. The van der Waals surface area contributed by atoms with Crippen LogP contribution in [0.15, 0.2) is 47.4 Å². The molecule has 2 aromatic carbocycles. The molecule has 1 N–H and O–H groups in total. The van der Waals surface area contributed by atoms with Crippen molar-refractivity contribution in [2.75, 3.05) is 32.6 Å². The van der Waals surface area contributed by atoms with Crippen LogP contribution in [0, 0.1) is 11.7 Å². The van der Waals surface area contributed by atoms with Gasteiger partial charge in [-0.2, -0.15) is 4.31 Å². The zero-order chi connectivity index (χ0) is 21.0. The largest absolute Gasteiger partial charge is 0.493 e. The lowest BCUT2D eigenvalue weighted by atomic mass is 9.98. The molecule has 0 aromatic heterocycles. The zero-order valence-corrected chi connectivity index (χ0v) is 17.0. The molecule has 0 unspecified atom stereocenters. The Kier molecular flexibility index (Phi) is 6.39.